The highest BCUT2D eigenvalue weighted by Gasteiger charge is 2.21. The van der Waals surface area contributed by atoms with Crippen LogP contribution >= 0.6 is 0 Å². The zero-order chi connectivity index (χ0) is 13.3. The molecule has 2 aromatic heterocycles. The van der Waals surface area contributed by atoms with Crippen molar-refractivity contribution >= 4 is 0 Å². The van der Waals surface area contributed by atoms with Gasteiger partial charge in [0.25, 0.3) is 0 Å². The largest absolute Gasteiger partial charge is 0.337 e. The van der Waals surface area contributed by atoms with Crippen LogP contribution in [0.15, 0.2) is 16.9 Å². The maximum Gasteiger partial charge on any atom is 0.246 e. The highest BCUT2D eigenvalue weighted by molar-refractivity contribution is 5.02. The predicted octanol–water partition coefficient (Wildman–Crippen LogP) is 1.63. The lowest BCUT2D eigenvalue weighted by Gasteiger charge is -2.11. The fraction of sp³-hybridized carbons (Fsp3) is 0.583. The number of rotatable bonds is 4. The standard InChI is InChI=1S/C12H19N5O/c1-8(2)10-14-5-6-17(10)7-9-15-11(16-18-9)12(3,4)13/h5-6,8H,7,13H2,1-4H3. The Labute approximate surface area is 106 Å². The average Bonchev–Trinajstić information content (AvgIpc) is 2.85. The van der Waals surface area contributed by atoms with Gasteiger partial charge in [-0.3, -0.25) is 0 Å². The summed E-state index contributed by atoms with van der Waals surface area (Å²) in [7, 11) is 0. The van der Waals surface area contributed by atoms with Gasteiger partial charge in [-0.05, 0) is 13.8 Å². The number of hydrogen-bond acceptors (Lipinski definition) is 5. The van der Waals surface area contributed by atoms with E-state index in [1.807, 2.05) is 24.6 Å². The molecule has 0 unspecified atom stereocenters. The first-order valence-corrected chi connectivity index (χ1v) is 6.01. The molecule has 0 spiro atoms. The van der Waals surface area contributed by atoms with Gasteiger partial charge in [0.2, 0.25) is 5.89 Å². The minimum absolute atomic E-state index is 0.355. The van der Waals surface area contributed by atoms with Crippen molar-refractivity contribution in [2.24, 2.45) is 5.73 Å². The second-order valence-electron chi connectivity index (χ2n) is 5.30. The van der Waals surface area contributed by atoms with Crippen molar-refractivity contribution in [3.63, 3.8) is 0 Å². The maximum atomic E-state index is 5.92. The van der Waals surface area contributed by atoms with E-state index in [9.17, 15) is 0 Å². The summed E-state index contributed by atoms with van der Waals surface area (Å²) in [6.45, 7) is 8.41. The van der Waals surface area contributed by atoms with Crippen molar-refractivity contribution in [1.29, 1.82) is 0 Å². The molecule has 0 aliphatic heterocycles. The molecule has 0 bridgehead atoms. The van der Waals surface area contributed by atoms with E-state index in [1.54, 1.807) is 6.20 Å². The van der Waals surface area contributed by atoms with Crippen molar-refractivity contribution in [2.75, 3.05) is 0 Å². The molecule has 2 aromatic rings. The van der Waals surface area contributed by atoms with Crippen LogP contribution in [-0.4, -0.2) is 19.7 Å². The molecule has 0 radical (unpaired) electrons. The Hall–Kier alpha value is -1.69. The summed E-state index contributed by atoms with van der Waals surface area (Å²) in [6.07, 6.45) is 3.69. The number of aromatic nitrogens is 4. The SMILES string of the molecule is CC(C)c1nccn1Cc1nc(C(C)(C)N)no1. The lowest BCUT2D eigenvalue weighted by Crippen LogP contribution is -2.30. The predicted molar refractivity (Wildman–Crippen MR) is 66.9 cm³/mol. The molecule has 98 valence electrons. The first-order valence-electron chi connectivity index (χ1n) is 6.01. The summed E-state index contributed by atoms with van der Waals surface area (Å²) in [6, 6.07) is 0. The van der Waals surface area contributed by atoms with E-state index >= 15 is 0 Å². The zero-order valence-electron chi connectivity index (χ0n) is 11.2. The molecule has 2 rings (SSSR count). The topological polar surface area (TPSA) is 82.8 Å². The Bertz CT molecular complexity index is 521. The van der Waals surface area contributed by atoms with Gasteiger partial charge in [-0.15, -0.1) is 0 Å². The molecule has 0 saturated carbocycles. The number of imidazole rings is 1. The van der Waals surface area contributed by atoms with E-state index in [0.717, 1.165) is 5.82 Å². The van der Waals surface area contributed by atoms with E-state index in [1.165, 1.54) is 0 Å². The van der Waals surface area contributed by atoms with Crippen molar-refractivity contribution in [1.82, 2.24) is 19.7 Å². The quantitative estimate of drug-likeness (QED) is 0.890. The van der Waals surface area contributed by atoms with Crippen molar-refractivity contribution in [3.05, 3.63) is 29.9 Å². The van der Waals surface area contributed by atoms with Crippen LogP contribution in [0.4, 0.5) is 0 Å². The Morgan fingerprint density at radius 3 is 2.72 bits per heavy atom. The lowest BCUT2D eigenvalue weighted by molar-refractivity contribution is 0.353. The van der Waals surface area contributed by atoms with Gasteiger partial charge in [-0.25, -0.2) is 4.98 Å². The van der Waals surface area contributed by atoms with E-state index in [4.69, 9.17) is 10.3 Å². The number of nitrogens with two attached hydrogens (primary N) is 1. The summed E-state index contributed by atoms with van der Waals surface area (Å²) in [5, 5.41) is 3.90. The summed E-state index contributed by atoms with van der Waals surface area (Å²) in [4.78, 5) is 8.62. The zero-order valence-corrected chi connectivity index (χ0v) is 11.2. The van der Waals surface area contributed by atoms with Gasteiger partial charge in [0, 0.05) is 18.3 Å². The second-order valence-corrected chi connectivity index (χ2v) is 5.30. The Morgan fingerprint density at radius 2 is 2.17 bits per heavy atom. The van der Waals surface area contributed by atoms with E-state index < -0.39 is 5.54 Å². The molecule has 0 aromatic carbocycles. The first-order chi connectivity index (χ1) is 8.38. The van der Waals surface area contributed by atoms with Gasteiger partial charge in [0.05, 0.1) is 5.54 Å². The summed E-state index contributed by atoms with van der Waals surface area (Å²) in [5.41, 5.74) is 5.33. The number of hydrogen-bond donors (Lipinski definition) is 1. The van der Waals surface area contributed by atoms with Crippen molar-refractivity contribution in [2.45, 2.75) is 45.7 Å². The normalized spacial score (nSPS) is 12.3. The molecular formula is C12H19N5O. The van der Waals surface area contributed by atoms with E-state index in [0.29, 0.717) is 24.2 Å². The average molecular weight is 249 g/mol. The molecular weight excluding hydrogens is 230 g/mol. The molecule has 6 heteroatoms. The third kappa shape index (κ3) is 2.59. The summed E-state index contributed by atoms with van der Waals surface area (Å²) in [5.74, 6) is 2.42. The van der Waals surface area contributed by atoms with Crippen LogP contribution in [0.25, 0.3) is 0 Å². The molecule has 0 amide bonds. The second kappa shape index (κ2) is 4.53. The molecule has 18 heavy (non-hydrogen) atoms. The van der Waals surface area contributed by atoms with Gasteiger partial charge >= 0.3 is 0 Å². The Balaban J connectivity index is 2.19. The van der Waals surface area contributed by atoms with Gasteiger partial charge in [-0.1, -0.05) is 19.0 Å². The van der Waals surface area contributed by atoms with Gasteiger partial charge in [-0.2, -0.15) is 4.98 Å². The molecule has 0 aliphatic carbocycles. The number of nitrogens with zero attached hydrogens (tertiary/aromatic N) is 4. The fourth-order valence-electron chi connectivity index (χ4n) is 1.68. The van der Waals surface area contributed by atoms with Gasteiger partial charge in [0.15, 0.2) is 5.82 Å². The van der Waals surface area contributed by atoms with Crippen LogP contribution < -0.4 is 5.73 Å². The molecule has 0 aliphatic rings. The summed E-state index contributed by atoms with van der Waals surface area (Å²) < 4.78 is 7.21. The van der Waals surface area contributed by atoms with Crippen LogP contribution in [0, 0.1) is 0 Å². The Kier molecular flexibility index (Phi) is 3.21. The minimum atomic E-state index is -0.586. The molecule has 0 saturated heterocycles. The van der Waals surface area contributed by atoms with E-state index in [2.05, 4.69) is 29.0 Å². The van der Waals surface area contributed by atoms with Crippen molar-refractivity contribution < 1.29 is 4.52 Å². The third-order valence-electron chi connectivity index (χ3n) is 2.61. The lowest BCUT2D eigenvalue weighted by atomic mass is 10.1. The first kappa shape index (κ1) is 12.8. The van der Waals surface area contributed by atoms with Crippen LogP contribution in [0.3, 0.4) is 0 Å². The van der Waals surface area contributed by atoms with Gasteiger partial charge in [0.1, 0.15) is 12.4 Å². The maximum absolute atomic E-state index is 5.92. The van der Waals surface area contributed by atoms with Crippen LogP contribution in [0.5, 0.6) is 0 Å². The molecule has 0 atom stereocenters. The highest BCUT2D eigenvalue weighted by atomic mass is 16.5. The Morgan fingerprint density at radius 1 is 1.44 bits per heavy atom. The smallest absolute Gasteiger partial charge is 0.246 e. The molecule has 2 heterocycles. The van der Waals surface area contributed by atoms with Crippen LogP contribution in [0.1, 0.15) is 51.2 Å². The monoisotopic (exact) mass is 249 g/mol. The molecule has 6 nitrogen and oxygen atoms in total. The van der Waals surface area contributed by atoms with Crippen molar-refractivity contribution in [3.8, 4) is 0 Å². The van der Waals surface area contributed by atoms with Gasteiger partial charge < -0.3 is 14.8 Å². The molecule has 2 N–H and O–H groups in total. The van der Waals surface area contributed by atoms with Crippen LogP contribution in [0.2, 0.25) is 0 Å². The third-order valence-corrected chi connectivity index (χ3v) is 2.61. The highest BCUT2D eigenvalue weighted by Crippen LogP contribution is 2.16. The minimum Gasteiger partial charge on any atom is -0.337 e. The van der Waals surface area contributed by atoms with E-state index in [-0.39, 0.29) is 0 Å². The summed E-state index contributed by atoms with van der Waals surface area (Å²) >= 11 is 0. The molecule has 0 fully saturated rings. The van der Waals surface area contributed by atoms with Crippen LogP contribution in [-0.2, 0) is 12.1 Å². The fourth-order valence-corrected chi connectivity index (χ4v) is 1.68.